The second kappa shape index (κ2) is 6.70. The molecule has 0 aromatic heterocycles. The summed E-state index contributed by atoms with van der Waals surface area (Å²) in [7, 11) is 0. The summed E-state index contributed by atoms with van der Waals surface area (Å²) in [6, 6.07) is 11.2. The molecule has 1 aliphatic rings. The summed E-state index contributed by atoms with van der Waals surface area (Å²) in [6.07, 6.45) is 0.269. The Morgan fingerprint density at radius 1 is 1.25 bits per heavy atom. The van der Waals surface area contributed by atoms with E-state index in [0.29, 0.717) is 23.5 Å². The van der Waals surface area contributed by atoms with Crippen LogP contribution in [-0.2, 0) is 16.0 Å². The van der Waals surface area contributed by atoms with Crippen molar-refractivity contribution in [2.75, 3.05) is 10.6 Å². The molecule has 1 aliphatic heterocycles. The van der Waals surface area contributed by atoms with Crippen LogP contribution in [0.4, 0.5) is 15.8 Å². The van der Waals surface area contributed by atoms with Gasteiger partial charge in [-0.15, -0.1) is 0 Å². The van der Waals surface area contributed by atoms with E-state index in [-0.39, 0.29) is 24.1 Å². The van der Waals surface area contributed by atoms with Gasteiger partial charge in [-0.1, -0.05) is 12.1 Å². The number of aryl methyl sites for hydroxylation is 1. The fourth-order valence-electron chi connectivity index (χ4n) is 2.42. The monoisotopic (exact) mass is 328 g/mol. The molecule has 0 bridgehead atoms. The van der Waals surface area contributed by atoms with Crippen molar-refractivity contribution in [3.05, 3.63) is 53.8 Å². The number of fused-ring (bicyclic) bond motifs is 1. The highest BCUT2D eigenvalue weighted by atomic mass is 19.1. The van der Waals surface area contributed by atoms with Gasteiger partial charge in [-0.05, 0) is 49.2 Å². The van der Waals surface area contributed by atoms with Crippen molar-refractivity contribution in [1.82, 2.24) is 0 Å². The van der Waals surface area contributed by atoms with Crippen LogP contribution in [-0.4, -0.2) is 17.9 Å². The minimum Gasteiger partial charge on any atom is -0.479 e. The molecule has 0 unspecified atom stereocenters. The van der Waals surface area contributed by atoms with Crippen molar-refractivity contribution < 1.29 is 18.7 Å². The third kappa shape index (κ3) is 3.71. The smallest absolute Gasteiger partial charge is 0.265 e. The minimum absolute atomic E-state index is 0.157. The lowest BCUT2D eigenvalue weighted by molar-refractivity contribution is -0.122. The van der Waals surface area contributed by atoms with Crippen molar-refractivity contribution in [2.45, 2.75) is 25.9 Å². The molecule has 0 saturated heterocycles. The predicted octanol–water partition coefficient (Wildman–Crippen LogP) is 3.12. The quantitative estimate of drug-likeness (QED) is 0.906. The maximum Gasteiger partial charge on any atom is 0.265 e. The zero-order chi connectivity index (χ0) is 17.1. The van der Waals surface area contributed by atoms with E-state index in [4.69, 9.17) is 4.74 Å². The molecule has 5 nitrogen and oxygen atoms in total. The summed E-state index contributed by atoms with van der Waals surface area (Å²) in [4.78, 5) is 23.7. The van der Waals surface area contributed by atoms with E-state index < -0.39 is 6.10 Å². The molecule has 2 amide bonds. The normalized spacial score (nSPS) is 15.9. The number of amides is 2. The van der Waals surface area contributed by atoms with Gasteiger partial charge < -0.3 is 15.4 Å². The Bertz CT molecular complexity index is 774. The van der Waals surface area contributed by atoms with Gasteiger partial charge in [0.25, 0.3) is 5.91 Å². The molecule has 1 atom stereocenters. The van der Waals surface area contributed by atoms with E-state index in [1.807, 2.05) is 0 Å². The Morgan fingerprint density at radius 3 is 2.75 bits per heavy atom. The van der Waals surface area contributed by atoms with Crippen LogP contribution in [0.2, 0.25) is 0 Å². The van der Waals surface area contributed by atoms with Gasteiger partial charge >= 0.3 is 0 Å². The lowest BCUT2D eigenvalue weighted by atomic mass is 10.1. The van der Waals surface area contributed by atoms with E-state index in [1.54, 1.807) is 37.3 Å². The lowest BCUT2D eigenvalue weighted by Gasteiger charge is -2.23. The van der Waals surface area contributed by atoms with Crippen LogP contribution in [0.1, 0.15) is 18.9 Å². The summed E-state index contributed by atoms with van der Waals surface area (Å²) in [6.45, 7) is 1.67. The largest absolute Gasteiger partial charge is 0.479 e. The van der Waals surface area contributed by atoms with Gasteiger partial charge in [-0.2, -0.15) is 0 Å². The van der Waals surface area contributed by atoms with Crippen LogP contribution >= 0.6 is 0 Å². The van der Waals surface area contributed by atoms with Gasteiger partial charge in [-0.25, -0.2) is 4.39 Å². The Balaban J connectivity index is 1.59. The van der Waals surface area contributed by atoms with Crippen molar-refractivity contribution in [3.63, 3.8) is 0 Å². The molecule has 124 valence electrons. The molecule has 3 rings (SSSR count). The van der Waals surface area contributed by atoms with Gasteiger partial charge in [0.05, 0.1) is 5.69 Å². The van der Waals surface area contributed by atoms with Crippen LogP contribution in [0.5, 0.6) is 5.75 Å². The minimum atomic E-state index is -0.534. The van der Waals surface area contributed by atoms with E-state index in [2.05, 4.69) is 10.6 Å². The first-order chi connectivity index (χ1) is 11.5. The molecule has 2 aromatic carbocycles. The fraction of sp³-hybridized carbons (Fsp3) is 0.222. The van der Waals surface area contributed by atoms with E-state index >= 15 is 0 Å². The molecule has 0 fully saturated rings. The number of nitrogens with one attached hydrogen (secondary N) is 2. The number of anilines is 2. The lowest BCUT2D eigenvalue weighted by Crippen LogP contribution is -2.34. The first-order valence-corrected chi connectivity index (χ1v) is 7.67. The van der Waals surface area contributed by atoms with E-state index in [9.17, 15) is 14.0 Å². The number of carbonyl (C=O) groups is 2. The number of halogens is 1. The zero-order valence-corrected chi connectivity index (χ0v) is 13.1. The third-order valence-corrected chi connectivity index (χ3v) is 3.75. The first kappa shape index (κ1) is 16.0. The highest BCUT2D eigenvalue weighted by molar-refractivity contribution is 5.99. The summed E-state index contributed by atoms with van der Waals surface area (Å²) in [5.41, 5.74) is 2.01. The summed E-state index contributed by atoms with van der Waals surface area (Å²) in [5, 5.41) is 5.52. The van der Waals surface area contributed by atoms with Crippen LogP contribution in [0.3, 0.4) is 0 Å². The van der Waals surface area contributed by atoms with Gasteiger partial charge in [0.2, 0.25) is 5.91 Å². The van der Waals surface area contributed by atoms with Crippen molar-refractivity contribution >= 4 is 23.2 Å². The van der Waals surface area contributed by atoms with Crippen LogP contribution in [0.15, 0.2) is 42.5 Å². The van der Waals surface area contributed by atoms with Crippen molar-refractivity contribution in [1.29, 1.82) is 0 Å². The van der Waals surface area contributed by atoms with Crippen molar-refractivity contribution in [3.8, 4) is 5.75 Å². The van der Waals surface area contributed by atoms with Crippen LogP contribution in [0, 0.1) is 5.82 Å². The molecule has 2 aromatic rings. The number of hydrogen-bond acceptors (Lipinski definition) is 3. The van der Waals surface area contributed by atoms with Gasteiger partial charge in [0.15, 0.2) is 6.10 Å². The number of carbonyl (C=O) groups excluding carboxylic acids is 2. The Kier molecular flexibility index (Phi) is 4.46. The molecule has 6 heteroatoms. The average molecular weight is 328 g/mol. The highest BCUT2D eigenvalue weighted by Crippen LogP contribution is 2.32. The molecule has 0 aliphatic carbocycles. The van der Waals surface area contributed by atoms with Gasteiger partial charge in [0.1, 0.15) is 11.6 Å². The molecular weight excluding hydrogens is 311 g/mol. The number of benzene rings is 2. The van der Waals surface area contributed by atoms with Crippen LogP contribution < -0.4 is 15.4 Å². The predicted molar refractivity (Wildman–Crippen MR) is 88.5 cm³/mol. The number of hydrogen-bond donors (Lipinski definition) is 2. The molecule has 0 saturated carbocycles. The fourth-order valence-corrected chi connectivity index (χ4v) is 2.42. The SMILES string of the molecule is C[C@H]1Oc2ccc(NC(=O)CCc3ccc(F)cc3)cc2NC1=O. The summed E-state index contributed by atoms with van der Waals surface area (Å²) < 4.78 is 18.3. The topological polar surface area (TPSA) is 67.4 Å². The van der Waals surface area contributed by atoms with E-state index in [0.717, 1.165) is 5.56 Å². The Morgan fingerprint density at radius 2 is 2.00 bits per heavy atom. The Labute approximate surface area is 138 Å². The Hall–Kier alpha value is -2.89. The van der Waals surface area contributed by atoms with E-state index in [1.165, 1.54) is 12.1 Å². The zero-order valence-electron chi connectivity index (χ0n) is 13.1. The summed E-state index contributed by atoms with van der Waals surface area (Å²) in [5.74, 6) is -0.0970. The third-order valence-electron chi connectivity index (χ3n) is 3.75. The van der Waals surface area contributed by atoms with Gasteiger partial charge in [0, 0.05) is 12.1 Å². The second-order valence-electron chi connectivity index (χ2n) is 5.63. The number of rotatable bonds is 4. The standard InChI is InChI=1S/C18H17FN2O3/c1-11-18(23)21-15-10-14(7-8-16(15)24-11)20-17(22)9-4-12-2-5-13(19)6-3-12/h2-3,5-8,10-11H,4,9H2,1H3,(H,20,22)(H,21,23)/t11-/m1/s1. The molecule has 2 N–H and O–H groups in total. The maximum atomic E-state index is 12.8. The van der Waals surface area contributed by atoms with Crippen molar-refractivity contribution in [2.24, 2.45) is 0 Å². The van der Waals surface area contributed by atoms with Gasteiger partial charge in [-0.3, -0.25) is 9.59 Å². The highest BCUT2D eigenvalue weighted by Gasteiger charge is 2.23. The van der Waals surface area contributed by atoms with Crippen LogP contribution in [0.25, 0.3) is 0 Å². The second-order valence-corrected chi connectivity index (χ2v) is 5.63. The molecule has 24 heavy (non-hydrogen) atoms. The molecular formula is C18H17FN2O3. The summed E-state index contributed by atoms with van der Waals surface area (Å²) >= 11 is 0. The number of ether oxygens (including phenoxy) is 1. The molecule has 0 spiro atoms. The maximum absolute atomic E-state index is 12.8. The molecule has 0 radical (unpaired) electrons. The molecule has 1 heterocycles. The average Bonchev–Trinajstić information content (AvgIpc) is 2.56. The first-order valence-electron chi connectivity index (χ1n) is 7.67.